The van der Waals surface area contributed by atoms with E-state index in [1.807, 2.05) is 22.9 Å². The van der Waals surface area contributed by atoms with Crippen LogP contribution in [0.15, 0.2) is 30.5 Å². The van der Waals surface area contributed by atoms with Gasteiger partial charge in [-0.25, -0.2) is 4.98 Å². The Kier molecular flexibility index (Phi) is 4.74. The Balaban J connectivity index is 1.77. The standard InChI is InChI=1S/C19H22N6O3/c1-21-17-16-13(22-19(20)23-17)5-6-25(16)14-4-3-12(11-15(14)27-2)18(26)24-7-9-28-10-8-24/h3-6,11H,7-10H2,1-2H3,(H3,20,21,22,23). The van der Waals surface area contributed by atoms with Crippen LogP contribution in [0.3, 0.4) is 0 Å². The molecule has 0 atom stereocenters. The van der Waals surface area contributed by atoms with Crippen LogP contribution in [0, 0.1) is 0 Å². The number of ether oxygens (including phenoxy) is 2. The molecule has 9 heteroatoms. The van der Waals surface area contributed by atoms with Crippen molar-refractivity contribution in [2.75, 3.05) is 51.5 Å². The average Bonchev–Trinajstić information content (AvgIpc) is 3.16. The molecule has 1 aromatic carbocycles. The van der Waals surface area contributed by atoms with Crippen LogP contribution in [0.1, 0.15) is 10.4 Å². The largest absolute Gasteiger partial charge is 0.495 e. The number of methoxy groups -OCH3 is 1. The number of amides is 1. The Bertz CT molecular complexity index is 1030. The maximum atomic E-state index is 12.8. The molecule has 0 bridgehead atoms. The molecule has 1 aliphatic rings. The van der Waals surface area contributed by atoms with E-state index in [0.717, 1.165) is 11.2 Å². The molecule has 0 saturated carbocycles. The molecule has 1 aliphatic heterocycles. The summed E-state index contributed by atoms with van der Waals surface area (Å²) < 4.78 is 12.8. The number of hydrogen-bond donors (Lipinski definition) is 2. The molecule has 2 aromatic heterocycles. The number of benzene rings is 1. The second-order valence-electron chi connectivity index (χ2n) is 6.39. The van der Waals surface area contributed by atoms with Gasteiger partial charge in [0.05, 0.1) is 31.5 Å². The highest BCUT2D eigenvalue weighted by molar-refractivity contribution is 5.95. The quantitative estimate of drug-likeness (QED) is 0.704. The second-order valence-corrected chi connectivity index (χ2v) is 6.39. The molecule has 28 heavy (non-hydrogen) atoms. The third-order valence-electron chi connectivity index (χ3n) is 4.77. The van der Waals surface area contributed by atoms with E-state index in [2.05, 4.69) is 15.3 Å². The smallest absolute Gasteiger partial charge is 0.254 e. The van der Waals surface area contributed by atoms with Crippen molar-refractivity contribution in [2.45, 2.75) is 0 Å². The Morgan fingerprint density at radius 3 is 2.75 bits per heavy atom. The van der Waals surface area contributed by atoms with Crippen molar-refractivity contribution >= 4 is 28.7 Å². The molecule has 0 spiro atoms. The van der Waals surface area contributed by atoms with Gasteiger partial charge in [0.25, 0.3) is 5.91 Å². The summed E-state index contributed by atoms with van der Waals surface area (Å²) >= 11 is 0. The first kappa shape index (κ1) is 18.1. The highest BCUT2D eigenvalue weighted by Crippen LogP contribution is 2.31. The summed E-state index contributed by atoms with van der Waals surface area (Å²) in [6, 6.07) is 7.29. The van der Waals surface area contributed by atoms with Crippen LogP contribution >= 0.6 is 0 Å². The van der Waals surface area contributed by atoms with Crippen LogP contribution in [0.4, 0.5) is 11.8 Å². The number of morpholine rings is 1. The molecule has 146 valence electrons. The Hall–Kier alpha value is -3.33. The van der Waals surface area contributed by atoms with Gasteiger partial charge < -0.3 is 30.0 Å². The van der Waals surface area contributed by atoms with E-state index < -0.39 is 0 Å². The van der Waals surface area contributed by atoms with Gasteiger partial charge in [-0.05, 0) is 24.3 Å². The van der Waals surface area contributed by atoms with Gasteiger partial charge in [0.1, 0.15) is 11.3 Å². The van der Waals surface area contributed by atoms with Crippen molar-refractivity contribution in [3.8, 4) is 11.4 Å². The SMILES string of the molecule is CNc1nc(N)nc2ccn(-c3ccc(C(=O)N4CCOCC4)cc3OC)c12. The highest BCUT2D eigenvalue weighted by atomic mass is 16.5. The van der Waals surface area contributed by atoms with Gasteiger partial charge in [-0.15, -0.1) is 0 Å². The average molecular weight is 382 g/mol. The van der Waals surface area contributed by atoms with Gasteiger partial charge in [0.2, 0.25) is 5.95 Å². The first-order valence-corrected chi connectivity index (χ1v) is 9.00. The lowest BCUT2D eigenvalue weighted by atomic mass is 10.1. The number of nitrogens with two attached hydrogens (primary N) is 1. The van der Waals surface area contributed by atoms with Crippen molar-refractivity contribution in [2.24, 2.45) is 0 Å². The fraction of sp³-hybridized carbons (Fsp3) is 0.316. The molecular formula is C19H22N6O3. The minimum atomic E-state index is -0.0301. The van der Waals surface area contributed by atoms with Crippen molar-refractivity contribution < 1.29 is 14.3 Å². The number of anilines is 2. The maximum Gasteiger partial charge on any atom is 0.254 e. The van der Waals surface area contributed by atoms with E-state index in [0.29, 0.717) is 49.0 Å². The first-order chi connectivity index (χ1) is 13.6. The molecule has 0 aliphatic carbocycles. The topological polar surface area (TPSA) is 108 Å². The van der Waals surface area contributed by atoms with Crippen molar-refractivity contribution in [3.63, 3.8) is 0 Å². The van der Waals surface area contributed by atoms with E-state index in [9.17, 15) is 4.79 Å². The summed E-state index contributed by atoms with van der Waals surface area (Å²) in [4.78, 5) is 23.1. The predicted molar refractivity (Wildman–Crippen MR) is 106 cm³/mol. The normalized spacial score (nSPS) is 14.3. The van der Waals surface area contributed by atoms with Gasteiger partial charge in [-0.2, -0.15) is 4.98 Å². The number of hydrogen-bond acceptors (Lipinski definition) is 7. The van der Waals surface area contributed by atoms with Gasteiger partial charge in [-0.3, -0.25) is 4.79 Å². The highest BCUT2D eigenvalue weighted by Gasteiger charge is 2.21. The first-order valence-electron chi connectivity index (χ1n) is 9.00. The molecular weight excluding hydrogens is 360 g/mol. The molecule has 9 nitrogen and oxygen atoms in total. The van der Waals surface area contributed by atoms with Crippen LogP contribution in [0.5, 0.6) is 5.75 Å². The summed E-state index contributed by atoms with van der Waals surface area (Å²) in [7, 11) is 3.36. The number of fused-ring (bicyclic) bond motifs is 1. The fourth-order valence-corrected chi connectivity index (χ4v) is 3.40. The number of carbonyl (C=O) groups excluding carboxylic acids is 1. The summed E-state index contributed by atoms with van der Waals surface area (Å²) in [6.45, 7) is 2.31. The number of nitrogens with one attached hydrogen (secondary N) is 1. The van der Waals surface area contributed by atoms with E-state index >= 15 is 0 Å². The van der Waals surface area contributed by atoms with Crippen LogP contribution in [0.2, 0.25) is 0 Å². The summed E-state index contributed by atoms with van der Waals surface area (Å²) in [5.41, 5.74) is 8.63. The maximum absolute atomic E-state index is 12.8. The number of carbonyl (C=O) groups is 1. The number of aromatic nitrogens is 3. The predicted octanol–water partition coefficient (Wildman–Crippen LogP) is 1.53. The Morgan fingerprint density at radius 2 is 2.04 bits per heavy atom. The molecule has 3 N–H and O–H groups in total. The minimum absolute atomic E-state index is 0.0301. The summed E-state index contributed by atoms with van der Waals surface area (Å²) in [5.74, 6) is 1.36. The number of nitrogen functional groups attached to an aromatic ring is 1. The Labute approximate surface area is 162 Å². The molecule has 3 aromatic rings. The Morgan fingerprint density at radius 1 is 1.25 bits per heavy atom. The van der Waals surface area contributed by atoms with Gasteiger partial charge in [-0.1, -0.05) is 0 Å². The monoisotopic (exact) mass is 382 g/mol. The molecule has 1 saturated heterocycles. The molecule has 0 radical (unpaired) electrons. The van der Waals surface area contributed by atoms with E-state index in [-0.39, 0.29) is 11.9 Å². The second kappa shape index (κ2) is 7.35. The van der Waals surface area contributed by atoms with Crippen LogP contribution in [0.25, 0.3) is 16.7 Å². The van der Waals surface area contributed by atoms with Crippen molar-refractivity contribution in [3.05, 3.63) is 36.0 Å². The van der Waals surface area contributed by atoms with Gasteiger partial charge in [0.15, 0.2) is 5.82 Å². The lowest BCUT2D eigenvalue weighted by Gasteiger charge is -2.27. The van der Waals surface area contributed by atoms with E-state index in [1.165, 1.54) is 0 Å². The fourth-order valence-electron chi connectivity index (χ4n) is 3.40. The van der Waals surface area contributed by atoms with Crippen molar-refractivity contribution in [1.29, 1.82) is 0 Å². The molecule has 1 fully saturated rings. The summed E-state index contributed by atoms with van der Waals surface area (Å²) in [5, 5.41) is 3.05. The molecule has 0 unspecified atom stereocenters. The summed E-state index contributed by atoms with van der Waals surface area (Å²) in [6.07, 6.45) is 1.88. The third-order valence-corrected chi connectivity index (χ3v) is 4.77. The van der Waals surface area contributed by atoms with E-state index in [4.69, 9.17) is 15.2 Å². The van der Waals surface area contributed by atoms with Crippen LogP contribution in [-0.4, -0.2) is 65.8 Å². The van der Waals surface area contributed by atoms with E-state index in [1.54, 1.807) is 31.2 Å². The zero-order valence-electron chi connectivity index (χ0n) is 15.8. The van der Waals surface area contributed by atoms with Crippen LogP contribution in [-0.2, 0) is 4.74 Å². The zero-order chi connectivity index (χ0) is 19.7. The molecule has 4 rings (SSSR count). The lowest BCUT2D eigenvalue weighted by Crippen LogP contribution is -2.40. The molecule has 3 heterocycles. The van der Waals surface area contributed by atoms with Crippen molar-refractivity contribution in [1.82, 2.24) is 19.4 Å². The lowest BCUT2D eigenvalue weighted by molar-refractivity contribution is 0.0302. The number of rotatable bonds is 4. The van der Waals surface area contributed by atoms with Crippen LogP contribution < -0.4 is 15.8 Å². The molecule has 1 amide bonds. The third kappa shape index (κ3) is 3.09. The minimum Gasteiger partial charge on any atom is -0.495 e. The van der Waals surface area contributed by atoms with Gasteiger partial charge >= 0.3 is 0 Å². The number of nitrogens with zero attached hydrogens (tertiary/aromatic N) is 4. The van der Waals surface area contributed by atoms with Gasteiger partial charge in [0, 0.05) is 31.9 Å². The zero-order valence-corrected chi connectivity index (χ0v) is 15.8.